The van der Waals surface area contributed by atoms with Crippen molar-refractivity contribution in [2.45, 2.75) is 126 Å². The third-order valence-electron chi connectivity index (χ3n) is 11.7. The molecule has 0 radical (unpaired) electrons. The first-order valence-electron chi connectivity index (χ1n) is 20.5. The van der Waals surface area contributed by atoms with Crippen molar-refractivity contribution in [2.75, 3.05) is 0 Å². The van der Waals surface area contributed by atoms with Gasteiger partial charge in [-0.3, -0.25) is 28.8 Å². The molecule has 2 bridgehead atoms. The Hall–Kier alpha value is -4.50. The van der Waals surface area contributed by atoms with E-state index < -0.39 is 120 Å². The van der Waals surface area contributed by atoms with Crippen molar-refractivity contribution >= 4 is 47.4 Å². The molecule has 3 fully saturated rings. The van der Waals surface area contributed by atoms with Gasteiger partial charge in [-0.2, -0.15) is 0 Å². The van der Waals surface area contributed by atoms with Gasteiger partial charge in [-0.25, -0.2) is 9.59 Å². The summed E-state index contributed by atoms with van der Waals surface area (Å²) >= 11 is 0. The molecule has 4 rings (SSSR count). The van der Waals surface area contributed by atoms with Crippen molar-refractivity contribution in [1.82, 2.24) is 31.9 Å². The monoisotopic (exact) mass is 800 g/mol. The van der Waals surface area contributed by atoms with Crippen LogP contribution in [0.25, 0.3) is 0 Å². The highest BCUT2D eigenvalue weighted by Crippen LogP contribution is 2.48. The predicted octanol–water partition coefficient (Wildman–Crippen LogP) is 1.53. The van der Waals surface area contributed by atoms with Crippen LogP contribution in [-0.2, 0) is 47.8 Å². The lowest BCUT2D eigenvalue weighted by Crippen LogP contribution is -2.55. The quantitative estimate of drug-likeness (QED) is 0.110. The van der Waals surface area contributed by atoms with E-state index in [2.05, 4.69) is 31.9 Å². The van der Waals surface area contributed by atoms with Gasteiger partial charge in [0.25, 0.3) is 0 Å². The predicted molar refractivity (Wildman–Crippen MR) is 207 cm³/mol. The van der Waals surface area contributed by atoms with Crippen LogP contribution in [0.3, 0.4) is 0 Å². The second-order valence-electron chi connectivity index (χ2n) is 18.2. The van der Waals surface area contributed by atoms with E-state index in [1.165, 1.54) is 0 Å². The summed E-state index contributed by atoms with van der Waals surface area (Å²) in [5.74, 6) is -10.8. The molecule has 2 aliphatic heterocycles. The number of fused-ring (bicyclic) bond motifs is 2. The first kappa shape index (κ1) is 45.2. The first-order chi connectivity index (χ1) is 26.5. The SMILES string of the molecule is CC(C)[C@@H]1C(=O)N[C@@H](C(C)C)C(=O)NC1OC(=O)[C@@H](NC(=O)[C@@H]1[C@H](C(=O)N[C@H](C(=O)OC2NC(=O)[C@H](C(C)C)NC(=O)[C@H]2C(C)C)C(C)C)[C@@H]2C=C[C@H]1C2)C(C)C. The third-order valence-corrected chi connectivity index (χ3v) is 11.7. The summed E-state index contributed by atoms with van der Waals surface area (Å²) in [6.07, 6.45) is 1.71. The van der Waals surface area contributed by atoms with Gasteiger partial charge in [-0.05, 0) is 53.8 Å². The highest BCUT2D eigenvalue weighted by molar-refractivity contribution is 5.95. The zero-order chi connectivity index (χ0) is 42.8. The number of ether oxygens (including phenoxy) is 2. The van der Waals surface area contributed by atoms with Gasteiger partial charge >= 0.3 is 11.9 Å². The average Bonchev–Trinajstić information content (AvgIpc) is 3.65. The molecular weight excluding hydrogens is 736 g/mol. The number of esters is 2. The van der Waals surface area contributed by atoms with Gasteiger partial charge in [0.15, 0.2) is 12.5 Å². The minimum Gasteiger partial charge on any atom is -0.439 e. The zero-order valence-corrected chi connectivity index (χ0v) is 35.3. The lowest BCUT2D eigenvalue weighted by molar-refractivity contribution is -0.164. The molecule has 4 aliphatic rings. The minimum atomic E-state index is -1.28. The van der Waals surface area contributed by atoms with Crippen molar-refractivity contribution in [2.24, 2.45) is 71.0 Å². The fraction of sp³-hybridized carbons (Fsp3) is 0.756. The van der Waals surface area contributed by atoms with E-state index in [1.54, 1.807) is 83.1 Å². The normalized spacial score (nSPS) is 31.1. The van der Waals surface area contributed by atoms with Crippen LogP contribution >= 0.6 is 0 Å². The van der Waals surface area contributed by atoms with Crippen molar-refractivity contribution in [3.8, 4) is 0 Å². The van der Waals surface area contributed by atoms with Gasteiger partial charge in [0.2, 0.25) is 35.4 Å². The van der Waals surface area contributed by atoms with Crippen LogP contribution < -0.4 is 31.9 Å². The summed E-state index contributed by atoms with van der Waals surface area (Å²) in [5.41, 5.74) is 0. The van der Waals surface area contributed by atoms with Gasteiger partial charge in [0.1, 0.15) is 24.2 Å². The lowest BCUT2D eigenvalue weighted by atomic mass is 9.81. The average molecular weight is 801 g/mol. The Kier molecular flexibility index (Phi) is 14.6. The Morgan fingerprint density at radius 2 is 0.860 bits per heavy atom. The number of carbonyl (C=O) groups is 8. The summed E-state index contributed by atoms with van der Waals surface area (Å²) < 4.78 is 11.6. The van der Waals surface area contributed by atoms with Crippen molar-refractivity contribution in [3.63, 3.8) is 0 Å². The molecule has 0 aromatic rings. The Morgan fingerprint density at radius 3 is 1.14 bits per heavy atom. The number of rotatable bonds is 14. The molecule has 0 spiro atoms. The third kappa shape index (κ3) is 9.97. The number of allylic oxidation sites excluding steroid dienone is 2. The van der Waals surface area contributed by atoms with Gasteiger partial charge in [-0.15, -0.1) is 0 Å². The van der Waals surface area contributed by atoms with Gasteiger partial charge < -0.3 is 41.4 Å². The second kappa shape index (κ2) is 18.4. The van der Waals surface area contributed by atoms with Crippen LogP contribution in [0.4, 0.5) is 0 Å². The molecule has 16 nitrogen and oxygen atoms in total. The minimum absolute atomic E-state index is 0.219. The van der Waals surface area contributed by atoms with Crippen LogP contribution in [0.5, 0.6) is 0 Å². The topological polar surface area (TPSA) is 227 Å². The summed E-state index contributed by atoms with van der Waals surface area (Å²) in [7, 11) is 0. The van der Waals surface area contributed by atoms with Crippen molar-refractivity contribution in [1.29, 1.82) is 0 Å². The van der Waals surface area contributed by atoms with E-state index in [1.807, 2.05) is 12.2 Å². The summed E-state index contributed by atoms with van der Waals surface area (Å²) in [4.78, 5) is 109. The lowest BCUT2D eigenvalue weighted by Gasteiger charge is -2.32. The number of nitrogens with one attached hydrogen (secondary N) is 6. The number of hydrogen-bond acceptors (Lipinski definition) is 10. The Balaban J connectivity index is 1.51. The Morgan fingerprint density at radius 1 is 0.526 bits per heavy atom. The largest absolute Gasteiger partial charge is 0.439 e. The van der Waals surface area contributed by atoms with E-state index >= 15 is 0 Å². The molecule has 2 aliphatic carbocycles. The summed E-state index contributed by atoms with van der Waals surface area (Å²) in [6, 6.07) is -4.00. The van der Waals surface area contributed by atoms with Crippen LogP contribution in [0, 0.1) is 71.0 Å². The smallest absolute Gasteiger partial charge is 0.330 e. The van der Waals surface area contributed by atoms with E-state index in [0.29, 0.717) is 6.42 Å². The van der Waals surface area contributed by atoms with Gasteiger partial charge in [0, 0.05) is 0 Å². The van der Waals surface area contributed by atoms with Gasteiger partial charge in [0.05, 0.1) is 23.7 Å². The van der Waals surface area contributed by atoms with E-state index in [0.717, 1.165) is 0 Å². The standard InChI is InChI=1S/C41H64N6O10/c1-16(2)24-32(48)42-28(18(5)6)36(52)46-38(24)56-40(54)30(20(9)10)44-34(50)26-22-13-14-23(15-22)27(26)35(51)45-31(21(11)12)41(55)57-39-25(17(3)4)33(49)43-29(19(7)8)37(53)47-39/h13-14,16-31,38-39H,15H2,1-12H3,(H,42,48)(H,43,49)(H,44,50)(H,45,51)(H,46,52)(H,47,53)/t22-,23+,24-,25-,26-,27+,28+,29+,30+,31+,38?,39?/m1/s1. The highest BCUT2D eigenvalue weighted by Gasteiger charge is 2.53. The molecule has 0 aromatic heterocycles. The van der Waals surface area contributed by atoms with Crippen LogP contribution in [0.15, 0.2) is 12.2 Å². The summed E-state index contributed by atoms with van der Waals surface area (Å²) in [5, 5.41) is 16.6. The van der Waals surface area contributed by atoms with Crippen molar-refractivity contribution in [3.05, 3.63) is 12.2 Å². The molecule has 2 unspecified atom stereocenters. The highest BCUT2D eigenvalue weighted by atomic mass is 16.6. The molecule has 2 saturated heterocycles. The molecule has 6 N–H and O–H groups in total. The Bertz CT molecular complexity index is 1490. The molecule has 0 aromatic carbocycles. The van der Waals surface area contributed by atoms with Gasteiger partial charge in [-0.1, -0.05) is 95.2 Å². The van der Waals surface area contributed by atoms with Crippen LogP contribution in [-0.4, -0.2) is 84.0 Å². The Labute approximate surface area is 335 Å². The molecular formula is C41H64N6O10. The molecule has 12 atom stereocenters. The first-order valence-corrected chi connectivity index (χ1v) is 20.5. The molecule has 1 saturated carbocycles. The van der Waals surface area contributed by atoms with Crippen LogP contribution in [0.1, 0.15) is 89.5 Å². The number of hydrogen-bond donors (Lipinski definition) is 6. The number of amides is 6. The van der Waals surface area contributed by atoms with E-state index in [4.69, 9.17) is 9.47 Å². The maximum atomic E-state index is 14.2. The van der Waals surface area contributed by atoms with E-state index in [9.17, 15) is 38.4 Å². The fourth-order valence-electron chi connectivity index (χ4n) is 8.42. The molecule has 57 heavy (non-hydrogen) atoms. The molecule has 6 amide bonds. The number of carbonyl (C=O) groups excluding carboxylic acids is 8. The molecule has 2 heterocycles. The molecule has 318 valence electrons. The maximum Gasteiger partial charge on any atom is 0.330 e. The second-order valence-corrected chi connectivity index (χ2v) is 18.2. The zero-order valence-electron chi connectivity index (χ0n) is 35.3. The fourth-order valence-corrected chi connectivity index (χ4v) is 8.42. The summed E-state index contributed by atoms with van der Waals surface area (Å²) in [6.45, 7) is 21.2. The van der Waals surface area contributed by atoms with E-state index in [-0.39, 0.29) is 35.5 Å². The van der Waals surface area contributed by atoms with Crippen LogP contribution in [0.2, 0.25) is 0 Å². The van der Waals surface area contributed by atoms with Crippen molar-refractivity contribution < 1.29 is 47.8 Å². The maximum absolute atomic E-state index is 14.2. The molecule has 16 heteroatoms.